The highest BCUT2D eigenvalue weighted by molar-refractivity contribution is 7.91. The molecular weight excluding hydrogens is 302 g/mol. The first-order chi connectivity index (χ1) is 10.0. The Labute approximate surface area is 128 Å². The molecule has 1 heterocycles. The molecule has 3 nitrogen and oxygen atoms in total. The Morgan fingerprint density at radius 3 is 2.62 bits per heavy atom. The zero-order valence-corrected chi connectivity index (χ0v) is 13.2. The van der Waals surface area contributed by atoms with Crippen molar-refractivity contribution >= 4 is 31.2 Å². The molecule has 108 valence electrons. The van der Waals surface area contributed by atoms with Crippen LogP contribution in [0.2, 0.25) is 0 Å². The minimum absolute atomic E-state index is 0.500. The number of hydrogen-bond acceptors (Lipinski definition) is 4. The Balaban J connectivity index is 1.77. The van der Waals surface area contributed by atoms with Crippen molar-refractivity contribution in [1.82, 2.24) is 0 Å². The van der Waals surface area contributed by atoms with E-state index in [1.165, 1.54) is 16.3 Å². The summed E-state index contributed by atoms with van der Waals surface area (Å²) in [7, 11) is -2.66. The summed E-state index contributed by atoms with van der Waals surface area (Å²) in [6, 6.07) is 15.2. The zero-order valence-electron chi connectivity index (χ0n) is 11.5. The monoisotopic (exact) mass is 317 g/mol. The van der Waals surface area contributed by atoms with E-state index in [1.807, 2.05) is 6.07 Å². The fourth-order valence-electron chi connectivity index (χ4n) is 2.13. The van der Waals surface area contributed by atoms with E-state index >= 15 is 0 Å². The molecule has 5 heteroatoms. The predicted octanol–water partition coefficient (Wildman–Crippen LogP) is 4.52. The van der Waals surface area contributed by atoms with Crippen molar-refractivity contribution < 1.29 is 8.95 Å². The Bertz CT molecular complexity index is 865. The van der Waals surface area contributed by atoms with Gasteiger partial charge in [0.05, 0.1) is 9.73 Å². The van der Waals surface area contributed by atoms with E-state index in [4.69, 9.17) is 9.52 Å². The Morgan fingerprint density at radius 1 is 1.14 bits per heavy atom. The molecule has 3 rings (SSSR count). The maximum atomic E-state index is 11.6. The summed E-state index contributed by atoms with van der Waals surface area (Å²) in [5, 5.41) is 3.31. The van der Waals surface area contributed by atoms with E-state index < -0.39 is 9.73 Å². The molecule has 2 aromatic carbocycles. The maximum Gasteiger partial charge on any atom is 0.119 e. The van der Waals surface area contributed by atoms with Gasteiger partial charge in [-0.15, -0.1) is 11.3 Å². The van der Waals surface area contributed by atoms with Crippen molar-refractivity contribution in [3.8, 4) is 5.75 Å². The Hall–Kier alpha value is -1.85. The third kappa shape index (κ3) is 3.09. The lowest BCUT2D eigenvalue weighted by molar-refractivity contribution is 0.307. The van der Waals surface area contributed by atoms with Crippen LogP contribution in [0.25, 0.3) is 10.1 Å². The van der Waals surface area contributed by atoms with Gasteiger partial charge in [0, 0.05) is 21.4 Å². The van der Waals surface area contributed by atoms with Gasteiger partial charge in [-0.05, 0) is 41.1 Å². The first-order valence-electron chi connectivity index (χ1n) is 6.46. The van der Waals surface area contributed by atoms with Crippen LogP contribution < -0.4 is 4.74 Å². The van der Waals surface area contributed by atoms with Gasteiger partial charge in [0.1, 0.15) is 12.4 Å². The van der Waals surface area contributed by atoms with Gasteiger partial charge >= 0.3 is 0 Å². The van der Waals surface area contributed by atoms with Crippen LogP contribution in [0, 0.1) is 4.78 Å². The molecule has 0 bridgehead atoms. The van der Waals surface area contributed by atoms with Gasteiger partial charge in [-0.1, -0.05) is 18.2 Å². The summed E-state index contributed by atoms with van der Waals surface area (Å²) >= 11 is 1.71. The van der Waals surface area contributed by atoms with Crippen LogP contribution in [0.15, 0.2) is 58.8 Å². The topological polar surface area (TPSA) is 50.2 Å². The van der Waals surface area contributed by atoms with Gasteiger partial charge in [0.15, 0.2) is 0 Å². The molecular formula is C16H15NO2S2. The Kier molecular flexibility index (Phi) is 3.69. The molecule has 0 aliphatic carbocycles. The molecule has 0 saturated heterocycles. The van der Waals surface area contributed by atoms with Crippen LogP contribution >= 0.6 is 11.3 Å². The lowest BCUT2D eigenvalue weighted by Gasteiger charge is -2.08. The van der Waals surface area contributed by atoms with Crippen LogP contribution in [0.1, 0.15) is 5.56 Å². The summed E-state index contributed by atoms with van der Waals surface area (Å²) in [4.78, 5) is 0.523. The molecule has 0 aliphatic heterocycles. The number of benzene rings is 2. The lowest BCUT2D eigenvalue weighted by Crippen LogP contribution is -1.97. The normalized spacial score (nSPS) is 14.0. The molecule has 21 heavy (non-hydrogen) atoms. The van der Waals surface area contributed by atoms with Crippen molar-refractivity contribution in [2.24, 2.45) is 0 Å². The minimum atomic E-state index is -2.66. The van der Waals surface area contributed by atoms with E-state index in [9.17, 15) is 4.21 Å². The standard InChI is InChI=1S/C16H15NO2S2/c1-21(17,18)15-7-5-14(6-8-15)19-11-13-4-2-3-12-9-10-20-16(12)13/h2-10,17H,11H2,1H3. The maximum absolute atomic E-state index is 11.6. The van der Waals surface area contributed by atoms with Crippen LogP contribution in [0.3, 0.4) is 0 Å². The molecule has 1 unspecified atom stereocenters. The second kappa shape index (κ2) is 5.50. The van der Waals surface area contributed by atoms with Crippen molar-refractivity contribution in [3.05, 3.63) is 59.5 Å². The molecule has 3 aromatic rings. The molecule has 0 spiro atoms. The van der Waals surface area contributed by atoms with E-state index in [0.717, 1.165) is 11.3 Å². The average Bonchev–Trinajstić information content (AvgIpc) is 2.93. The summed E-state index contributed by atoms with van der Waals surface area (Å²) in [5.41, 5.74) is 1.16. The predicted molar refractivity (Wildman–Crippen MR) is 87.7 cm³/mol. The smallest absolute Gasteiger partial charge is 0.119 e. The average molecular weight is 317 g/mol. The first kappa shape index (κ1) is 14.1. The van der Waals surface area contributed by atoms with E-state index in [2.05, 4.69) is 23.6 Å². The number of fused-ring (bicyclic) bond motifs is 1. The van der Waals surface area contributed by atoms with Crippen molar-refractivity contribution in [2.45, 2.75) is 11.5 Å². The quantitative estimate of drug-likeness (QED) is 0.769. The molecule has 0 amide bonds. The second-order valence-corrected chi connectivity index (χ2v) is 7.93. The molecule has 0 saturated carbocycles. The van der Waals surface area contributed by atoms with Crippen molar-refractivity contribution in [3.63, 3.8) is 0 Å². The number of hydrogen-bond donors (Lipinski definition) is 1. The van der Waals surface area contributed by atoms with Gasteiger partial charge in [-0.25, -0.2) is 8.99 Å². The fraction of sp³-hybridized carbons (Fsp3) is 0.125. The number of thiophene rings is 1. The van der Waals surface area contributed by atoms with Gasteiger partial charge in [-0.3, -0.25) is 0 Å². The van der Waals surface area contributed by atoms with E-state index in [-0.39, 0.29) is 0 Å². The third-order valence-corrected chi connectivity index (χ3v) is 5.41. The second-order valence-electron chi connectivity index (χ2n) is 4.86. The van der Waals surface area contributed by atoms with Gasteiger partial charge in [-0.2, -0.15) is 0 Å². The van der Waals surface area contributed by atoms with E-state index in [0.29, 0.717) is 11.5 Å². The number of rotatable bonds is 4. The minimum Gasteiger partial charge on any atom is -0.489 e. The third-order valence-electron chi connectivity index (χ3n) is 3.23. The lowest BCUT2D eigenvalue weighted by atomic mass is 10.2. The molecule has 1 atom stereocenters. The summed E-state index contributed by atoms with van der Waals surface area (Å²) in [5.74, 6) is 0.718. The van der Waals surface area contributed by atoms with Gasteiger partial charge in [0.25, 0.3) is 0 Å². The summed E-state index contributed by atoms with van der Waals surface area (Å²) in [6.07, 6.45) is 1.42. The summed E-state index contributed by atoms with van der Waals surface area (Å²) in [6.45, 7) is 0.500. The van der Waals surface area contributed by atoms with Gasteiger partial charge < -0.3 is 4.74 Å². The highest BCUT2D eigenvalue weighted by atomic mass is 32.2. The molecule has 1 N–H and O–H groups in total. The highest BCUT2D eigenvalue weighted by Gasteiger charge is 2.05. The van der Waals surface area contributed by atoms with Crippen LogP contribution in [-0.2, 0) is 16.3 Å². The van der Waals surface area contributed by atoms with E-state index in [1.54, 1.807) is 35.6 Å². The largest absolute Gasteiger partial charge is 0.489 e. The van der Waals surface area contributed by atoms with Crippen molar-refractivity contribution in [2.75, 3.05) is 6.26 Å². The van der Waals surface area contributed by atoms with Crippen LogP contribution in [-0.4, -0.2) is 10.5 Å². The van der Waals surface area contributed by atoms with Crippen LogP contribution in [0.5, 0.6) is 5.75 Å². The highest BCUT2D eigenvalue weighted by Crippen LogP contribution is 2.26. The molecule has 0 aliphatic rings. The molecule has 1 aromatic heterocycles. The first-order valence-corrected chi connectivity index (χ1v) is 9.30. The van der Waals surface area contributed by atoms with Crippen molar-refractivity contribution in [1.29, 1.82) is 4.78 Å². The Morgan fingerprint density at radius 2 is 1.90 bits per heavy atom. The number of ether oxygens (including phenoxy) is 1. The van der Waals surface area contributed by atoms with Crippen LogP contribution in [0.4, 0.5) is 0 Å². The van der Waals surface area contributed by atoms with Gasteiger partial charge in [0.2, 0.25) is 0 Å². The number of nitrogens with one attached hydrogen (secondary N) is 1. The zero-order chi connectivity index (χ0) is 14.9. The summed E-state index contributed by atoms with van der Waals surface area (Å²) < 4.78 is 26.2. The molecule has 0 fully saturated rings. The molecule has 0 radical (unpaired) electrons. The SMILES string of the molecule is CS(=N)(=O)c1ccc(OCc2cccc3ccsc23)cc1. The fourth-order valence-corrected chi connectivity index (χ4v) is 3.68.